The number of rotatable bonds is 4. The summed E-state index contributed by atoms with van der Waals surface area (Å²) in [6.07, 6.45) is 4.10. The topological polar surface area (TPSA) is 58.3 Å². The van der Waals surface area contributed by atoms with Crippen LogP contribution in [0.2, 0.25) is 5.02 Å². The Hall–Kier alpha value is -2.44. The Balaban J connectivity index is 1.49. The van der Waals surface area contributed by atoms with Crippen LogP contribution in [-0.4, -0.2) is 53.3 Å². The fraction of sp³-hybridized carbons (Fsp3) is 0.350. The molecule has 27 heavy (non-hydrogen) atoms. The molecule has 1 aromatic carbocycles. The smallest absolute Gasteiger partial charge is 0.259 e. The van der Waals surface area contributed by atoms with E-state index in [1.807, 2.05) is 36.4 Å². The van der Waals surface area contributed by atoms with E-state index in [0.29, 0.717) is 22.8 Å². The molecule has 1 saturated heterocycles. The summed E-state index contributed by atoms with van der Waals surface area (Å²) in [5.74, 6) is 1.92. The Morgan fingerprint density at radius 3 is 2.67 bits per heavy atom. The number of aromatic nitrogens is 3. The van der Waals surface area contributed by atoms with Gasteiger partial charge in [-0.15, -0.1) is 0 Å². The second-order valence-electron chi connectivity index (χ2n) is 6.98. The fourth-order valence-corrected chi connectivity index (χ4v) is 3.57. The average molecular weight is 384 g/mol. The molecule has 0 bridgehead atoms. The third kappa shape index (κ3) is 3.96. The first kappa shape index (κ1) is 17.9. The molecule has 0 saturated carbocycles. The van der Waals surface area contributed by atoms with Crippen LogP contribution in [0.1, 0.15) is 12.8 Å². The molecule has 4 rings (SSSR count). The van der Waals surface area contributed by atoms with Gasteiger partial charge in [-0.05, 0) is 57.2 Å². The minimum atomic E-state index is 0.450. The van der Waals surface area contributed by atoms with E-state index in [4.69, 9.17) is 16.1 Å². The van der Waals surface area contributed by atoms with Crippen LogP contribution in [0.15, 0.2) is 47.1 Å². The van der Waals surface area contributed by atoms with E-state index in [0.717, 1.165) is 42.9 Å². The van der Waals surface area contributed by atoms with Gasteiger partial charge in [-0.2, -0.15) is 4.98 Å². The Kier molecular flexibility index (Phi) is 5.09. The Morgan fingerprint density at radius 1 is 1.15 bits per heavy atom. The van der Waals surface area contributed by atoms with Gasteiger partial charge in [-0.1, -0.05) is 28.9 Å². The minimum Gasteiger partial charge on any atom is -0.357 e. The minimum absolute atomic E-state index is 0.450. The molecule has 0 unspecified atom stereocenters. The molecule has 1 aliphatic rings. The number of halogens is 1. The van der Waals surface area contributed by atoms with Crippen LogP contribution in [0.3, 0.4) is 0 Å². The molecule has 3 heterocycles. The van der Waals surface area contributed by atoms with Crippen LogP contribution in [0.25, 0.3) is 22.8 Å². The molecule has 7 heteroatoms. The van der Waals surface area contributed by atoms with Crippen molar-refractivity contribution in [2.24, 2.45) is 0 Å². The summed E-state index contributed by atoms with van der Waals surface area (Å²) < 4.78 is 5.41. The SMILES string of the molecule is CN1CCC(N(C)c2ccc(-c3nc(-c4cccc(Cl)c4)no3)cn2)CC1. The van der Waals surface area contributed by atoms with Crippen molar-refractivity contribution >= 4 is 17.4 Å². The van der Waals surface area contributed by atoms with Gasteiger partial charge in [0.25, 0.3) is 5.89 Å². The molecule has 1 aliphatic heterocycles. The standard InChI is InChI=1S/C20H22ClN5O/c1-25-10-8-17(9-11-25)26(2)18-7-6-15(13-22-18)20-23-19(24-27-20)14-4-3-5-16(21)12-14/h3-7,12-13,17H,8-11H2,1-2H3. The number of anilines is 1. The van der Waals surface area contributed by atoms with Gasteiger partial charge in [-0.3, -0.25) is 0 Å². The molecule has 1 fully saturated rings. The summed E-state index contributed by atoms with van der Waals surface area (Å²) >= 11 is 6.03. The molecule has 3 aromatic rings. The van der Waals surface area contributed by atoms with Gasteiger partial charge in [0.05, 0.1) is 5.56 Å². The van der Waals surface area contributed by atoms with Crippen molar-refractivity contribution in [1.82, 2.24) is 20.0 Å². The zero-order chi connectivity index (χ0) is 18.8. The van der Waals surface area contributed by atoms with Crippen LogP contribution in [0.5, 0.6) is 0 Å². The zero-order valence-corrected chi connectivity index (χ0v) is 16.2. The predicted octanol–water partition coefficient (Wildman–Crippen LogP) is 3.98. The maximum Gasteiger partial charge on any atom is 0.259 e. The van der Waals surface area contributed by atoms with Gasteiger partial charge in [-0.25, -0.2) is 4.98 Å². The summed E-state index contributed by atoms with van der Waals surface area (Å²) in [6, 6.07) is 11.9. The number of hydrogen-bond acceptors (Lipinski definition) is 6. The van der Waals surface area contributed by atoms with E-state index in [1.165, 1.54) is 0 Å². The van der Waals surface area contributed by atoms with Gasteiger partial charge >= 0.3 is 0 Å². The number of nitrogens with zero attached hydrogens (tertiary/aromatic N) is 5. The Labute approximate surface area is 163 Å². The first-order chi connectivity index (χ1) is 13.1. The zero-order valence-electron chi connectivity index (χ0n) is 15.5. The molecular formula is C20H22ClN5O. The van der Waals surface area contributed by atoms with Crippen molar-refractivity contribution in [3.05, 3.63) is 47.6 Å². The van der Waals surface area contributed by atoms with Gasteiger partial charge in [0.1, 0.15) is 5.82 Å². The lowest BCUT2D eigenvalue weighted by atomic mass is 10.0. The highest BCUT2D eigenvalue weighted by Crippen LogP contribution is 2.26. The second kappa shape index (κ2) is 7.66. The maximum atomic E-state index is 6.03. The number of likely N-dealkylation sites (tertiary alicyclic amines) is 1. The summed E-state index contributed by atoms with van der Waals surface area (Å²) in [4.78, 5) is 13.7. The lowest BCUT2D eigenvalue weighted by Gasteiger charge is -2.35. The molecule has 6 nitrogen and oxygen atoms in total. The van der Waals surface area contributed by atoms with Gasteiger partial charge in [0, 0.05) is 29.9 Å². The lowest BCUT2D eigenvalue weighted by molar-refractivity contribution is 0.252. The molecule has 0 radical (unpaired) electrons. The van der Waals surface area contributed by atoms with Crippen molar-refractivity contribution < 1.29 is 4.52 Å². The summed E-state index contributed by atoms with van der Waals surface area (Å²) in [5, 5.41) is 4.69. The normalized spacial score (nSPS) is 15.8. The largest absolute Gasteiger partial charge is 0.357 e. The van der Waals surface area contributed by atoms with Crippen LogP contribution < -0.4 is 4.90 Å². The van der Waals surface area contributed by atoms with E-state index in [1.54, 1.807) is 6.20 Å². The van der Waals surface area contributed by atoms with Crippen molar-refractivity contribution in [2.45, 2.75) is 18.9 Å². The van der Waals surface area contributed by atoms with Crippen LogP contribution >= 0.6 is 11.6 Å². The third-order valence-corrected chi connectivity index (χ3v) is 5.34. The van der Waals surface area contributed by atoms with Gasteiger partial charge in [0.15, 0.2) is 0 Å². The number of benzene rings is 1. The summed E-state index contributed by atoms with van der Waals surface area (Å²) in [5.41, 5.74) is 1.63. The average Bonchev–Trinajstić information content (AvgIpc) is 3.18. The van der Waals surface area contributed by atoms with Crippen molar-refractivity contribution in [1.29, 1.82) is 0 Å². The van der Waals surface area contributed by atoms with Gasteiger partial charge < -0.3 is 14.3 Å². The molecule has 0 aliphatic carbocycles. The van der Waals surface area contributed by atoms with Crippen molar-refractivity contribution in [3.63, 3.8) is 0 Å². The van der Waals surface area contributed by atoms with E-state index in [9.17, 15) is 0 Å². The summed E-state index contributed by atoms with van der Waals surface area (Å²) in [7, 11) is 4.28. The number of hydrogen-bond donors (Lipinski definition) is 0. The Morgan fingerprint density at radius 2 is 1.96 bits per heavy atom. The van der Waals surface area contributed by atoms with Crippen LogP contribution in [0.4, 0.5) is 5.82 Å². The number of piperidine rings is 1. The molecule has 0 N–H and O–H groups in total. The molecule has 0 atom stereocenters. The predicted molar refractivity (Wildman–Crippen MR) is 107 cm³/mol. The van der Waals surface area contributed by atoms with Crippen molar-refractivity contribution in [3.8, 4) is 22.8 Å². The first-order valence-corrected chi connectivity index (χ1v) is 9.45. The number of pyridine rings is 1. The molecule has 0 spiro atoms. The monoisotopic (exact) mass is 383 g/mol. The molecule has 2 aromatic heterocycles. The molecular weight excluding hydrogens is 362 g/mol. The first-order valence-electron chi connectivity index (χ1n) is 9.07. The highest BCUT2D eigenvalue weighted by Gasteiger charge is 2.21. The molecule has 0 amide bonds. The fourth-order valence-electron chi connectivity index (χ4n) is 3.38. The van der Waals surface area contributed by atoms with Crippen molar-refractivity contribution in [2.75, 3.05) is 32.1 Å². The third-order valence-electron chi connectivity index (χ3n) is 5.10. The Bertz CT molecular complexity index is 903. The van der Waals surface area contributed by atoms with E-state index in [-0.39, 0.29) is 0 Å². The summed E-state index contributed by atoms with van der Waals surface area (Å²) in [6.45, 7) is 2.25. The highest BCUT2D eigenvalue weighted by molar-refractivity contribution is 6.30. The second-order valence-corrected chi connectivity index (χ2v) is 7.42. The maximum absolute atomic E-state index is 6.03. The van der Waals surface area contributed by atoms with Crippen LogP contribution in [0, 0.1) is 0 Å². The van der Waals surface area contributed by atoms with Crippen LogP contribution in [-0.2, 0) is 0 Å². The molecule has 140 valence electrons. The van der Waals surface area contributed by atoms with E-state index in [2.05, 4.69) is 39.0 Å². The highest BCUT2D eigenvalue weighted by atomic mass is 35.5. The van der Waals surface area contributed by atoms with E-state index < -0.39 is 0 Å². The quantitative estimate of drug-likeness (QED) is 0.679. The lowest BCUT2D eigenvalue weighted by Crippen LogP contribution is -2.42. The van der Waals surface area contributed by atoms with Gasteiger partial charge in [0.2, 0.25) is 5.82 Å². The van der Waals surface area contributed by atoms with E-state index >= 15 is 0 Å².